The molecule has 0 bridgehead atoms. The van der Waals surface area contributed by atoms with Gasteiger partial charge in [-0.15, -0.1) is 0 Å². The molecule has 0 radical (unpaired) electrons. The molecule has 0 aliphatic rings. The van der Waals surface area contributed by atoms with E-state index in [0.29, 0.717) is 29.3 Å². The summed E-state index contributed by atoms with van der Waals surface area (Å²) in [5.74, 6) is 0.298. The highest BCUT2D eigenvalue weighted by atomic mass is 16.5. The molecule has 0 fully saturated rings. The number of carbonyl (C=O) groups excluding carboxylic acids is 1. The predicted octanol–water partition coefficient (Wildman–Crippen LogP) is 5.52. The van der Waals surface area contributed by atoms with Crippen LogP contribution in [0.4, 0.5) is 11.4 Å². The Balaban J connectivity index is 1.51. The Morgan fingerprint density at radius 2 is 1.74 bits per heavy atom. The maximum absolute atomic E-state index is 13.0. The highest BCUT2D eigenvalue weighted by Crippen LogP contribution is 2.26. The Kier molecular flexibility index (Phi) is 5.85. The number of nitrogens with zero attached hydrogens (tertiary/aromatic N) is 1. The number of hydrogen-bond donors (Lipinski definition) is 2. The van der Waals surface area contributed by atoms with Crippen molar-refractivity contribution in [2.75, 3.05) is 11.1 Å². The monoisotopic (exact) mass is 411 g/mol. The quantitative estimate of drug-likeness (QED) is 0.438. The number of nitrogens with two attached hydrogens (primary N) is 1. The van der Waals surface area contributed by atoms with Crippen LogP contribution in [0.1, 0.15) is 34.1 Å². The third kappa shape index (κ3) is 4.67. The van der Waals surface area contributed by atoms with E-state index in [1.165, 1.54) is 5.56 Å². The van der Waals surface area contributed by atoms with E-state index in [-0.39, 0.29) is 5.91 Å². The number of ether oxygens (including phenoxy) is 1. The number of pyridine rings is 1. The average molecular weight is 412 g/mol. The number of aromatic nitrogens is 1. The second-order valence-electron chi connectivity index (χ2n) is 7.49. The molecular formula is C26H25N3O2. The molecule has 3 aromatic carbocycles. The van der Waals surface area contributed by atoms with Gasteiger partial charge in [0.2, 0.25) is 0 Å². The van der Waals surface area contributed by atoms with Crippen LogP contribution in [0.25, 0.3) is 10.9 Å². The summed E-state index contributed by atoms with van der Waals surface area (Å²) in [6.45, 7) is 4.42. The molecule has 1 aromatic heterocycles. The molecule has 0 aliphatic carbocycles. The van der Waals surface area contributed by atoms with Gasteiger partial charge in [-0.3, -0.25) is 9.78 Å². The topological polar surface area (TPSA) is 77.2 Å². The lowest BCUT2D eigenvalue weighted by atomic mass is 10.1. The number of rotatable bonds is 6. The molecular weight excluding hydrogens is 386 g/mol. The van der Waals surface area contributed by atoms with Gasteiger partial charge >= 0.3 is 0 Å². The third-order valence-electron chi connectivity index (χ3n) is 5.18. The van der Waals surface area contributed by atoms with Crippen molar-refractivity contribution < 1.29 is 9.53 Å². The number of nitrogens with one attached hydrogen (secondary N) is 1. The zero-order chi connectivity index (χ0) is 21.8. The van der Waals surface area contributed by atoms with Crippen LogP contribution >= 0.6 is 0 Å². The molecule has 5 heteroatoms. The first kappa shape index (κ1) is 20.4. The van der Waals surface area contributed by atoms with Crippen molar-refractivity contribution in [2.45, 2.75) is 26.9 Å². The molecule has 1 amide bonds. The molecule has 0 saturated heterocycles. The summed E-state index contributed by atoms with van der Waals surface area (Å²) in [5.41, 5.74) is 11.9. The molecule has 0 aliphatic heterocycles. The zero-order valence-corrected chi connectivity index (χ0v) is 17.7. The lowest BCUT2D eigenvalue weighted by Crippen LogP contribution is -2.13. The maximum Gasteiger partial charge on any atom is 0.259 e. The molecule has 0 atom stereocenters. The number of nitrogen functional groups attached to an aromatic ring is 1. The van der Waals surface area contributed by atoms with Crippen LogP contribution in [0.5, 0.6) is 5.75 Å². The zero-order valence-electron chi connectivity index (χ0n) is 17.7. The van der Waals surface area contributed by atoms with Crippen molar-refractivity contribution in [1.29, 1.82) is 0 Å². The van der Waals surface area contributed by atoms with Gasteiger partial charge in [-0.2, -0.15) is 0 Å². The highest BCUT2D eigenvalue weighted by molar-refractivity contribution is 6.07. The fraction of sp³-hybridized carbons (Fsp3) is 0.154. The standard InChI is InChI=1S/C26H25N3O2/c1-3-18-8-10-19(11-9-18)16-31-25-7-5-4-6-21(25)26(30)29-20-12-13-24-22(15-20)23(27)14-17(2)28-24/h4-15H,3,16H2,1-2H3,(H2,27,28)(H,29,30). The van der Waals surface area contributed by atoms with Crippen molar-refractivity contribution in [3.63, 3.8) is 0 Å². The summed E-state index contributed by atoms with van der Waals surface area (Å²) >= 11 is 0. The Bertz CT molecular complexity index is 1230. The van der Waals surface area contributed by atoms with E-state index in [1.807, 2.05) is 43.3 Å². The van der Waals surface area contributed by atoms with Gasteiger partial charge in [-0.1, -0.05) is 43.3 Å². The van der Waals surface area contributed by atoms with Gasteiger partial charge in [0.15, 0.2) is 0 Å². The lowest BCUT2D eigenvalue weighted by Gasteiger charge is -2.13. The first-order chi connectivity index (χ1) is 15.0. The lowest BCUT2D eigenvalue weighted by molar-refractivity contribution is 0.102. The summed E-state index contributed by atoms with van der Waals surface area (Å²) in [5, 5.41) is 3.75. The van der Waals surface area contributed by atoms with Crippen LogP contribution in [0.3, 0.4) is 0 Å². The summed E-state index contributed by atoms with van der Waals surface area (Å²) in [6.07, 6.45) is 1.00. The Hall–Kier alpha value is -3.86. The maximum atomic E-state index is 13.0. The Morgan fingerprint density at radius 3 is 2.52 bits per heavy atom. The number of anilines is 2. The van der Waals surface area contributed by atoms with Crippen molar-refractivity contribution in [3.05, 3.63) is 95.2 Å². The van der Waals surface area contributed by atoms with Crippen LogP contribution < -0.4 is 15.8 Å². The second kappa shape index (κ2) is 8.88. The SMILES string of the molecule is CCc1ccc(COc2ccccc2C(=O)Nc2ccc3nc(C)cc(N)c3c2)cc1. The average Bonchev–Trinajstić information content (AvgIpc) is 2.78. The van der Waals surface area contributed by atoms with Crippen molar-refractivity contribution in [2.24, 2.45) is 0 Å². The first-order valence-electron chi connectivity index (χ1n) is 10.3. The minimum atomic E-state index is -0.241. The van der Waals surface area contributed by atoms with Crippen molar-refractivity contribution >= 4 is 28.2 Å². The van der Waals surface area contributed by atoms with Crippen LogP contribution in [0, 0.1) is 6.92 Å². The molecule has 0 saturated carbocycles. The second-order valence-corrected chi connectivity index (χ2v) is 7.49. The van der Waals surface area contributed by atoms with Gasteiger partial charge in [0.25, 0.3) is 5.91 Å². The molecule has 0 spiro atoms. The number of para-hydroxylation sites is 1. The van der Waals surface area contributed by atoms with E-state index in [2.05, 4.69) is 41.5 Å². The summed E-state index contributed by atoms with van der Waals surface area (Å²) < 4.78 is 5.97. The van der Waals surface area contributed by atoms with Gasteiger partial charge in [0.1, 0.15) is 12.4 Å². The minimum absolute atomic E-state index is 0.241. The molecule has 5 nitrogen and oxygen atoms in total. The van der Waals surface area contributed by atoms with E-state index in [9.17, 15) is 4.79 Å². The van der Waals surface area contributed by atoms with Crippen LogP contribution in [-0.2, 0) is 13.0 Å². The molecule has 156 valence electrons. The Labute approximate surface area is 181 Å². The van der Waals surface area contributed by atoms with Gasteiger partial charge in [0, 0.05) is 22.5 Å². The fourth-order valence-corrected chi connectivity index (χ4v) is 3.48. The minimum Gasteiger partial charge on any atom is -0.488 e. The fourth-order valence-electron chi connectivity index (χ4n) is 3.48. The number of carbonyl (C=O) groups is 1. The largest absolute Gasteiger partial charge is 0.488 e. The van der Waals surface area contributed by atoms with Gasteiger partial charge in [-0.05, 0) is 60.9 Å². The van der Waals surface area contributed by atoms with E-state index in [4.69, 9.17) is 10.5 Å². The summed E-state index contributed by atoms with van der Waals surface area (Å²) in [7, 11) is 0. The smallest absolute Gasteiger partial charge is 0.259 e. The molecule has 0 unspecified atom stereocenters. The molecule has 1 heterocycles. The normalized spacial score (nSPS) is 10.8. The van der Waals surface area contributed by atoms with Crippen LogP contribution in [0.2, 0.25) is 0 Å². The summed E-state index contributed by atoms with van der Waals surface area (Å²) in [4.78, 5) is 17.4. The summed E-state index contributed by atoms with van der Waals surface area (Å²) in [6, 6.07) is 22.9. The third-order valence-corrected chi connectivity index (χ3v) is 5.18. The number of hydrogen-bond acceptors (Lipinski definition) is 4. The molecule has 31 heavy (non-hydrogen) atoms. The predicted molar refractivity (Wildman–Crippen MR) is 125 cm³/mol. The van der Waals surface area contributed by atoms with Gasteiger partial charge in [0.05, 0.1) is 11.1 Å². The van der Waals surface area contributed by atoms with Crippen molar-refractivity contribution in [1.82, 2.24) is 4.98 Å². The van der Waals surface area contributed by atoms with Crippen molar-refractivity contribution in [3.8, 4) is 5.75 Å². The van der Waals surface area contributed by atoms with Gasteiger partial charge < -0.3 is 15.8 Å². The number of fused-ring (bicyclic) bond motifs is 1. The number of benzene rings is 3. The van der Waals surface area contributed by atoms with E-state index < -0.39 is 0 Å². The Morgan fingerprint density at radius 1 is 1.00 bits per heavy atom. The van der Waals surface area contributed by atoms with Crippen LogP contribution in [0.15, 0.2) is 72.8 Å². The van der Waals surface area contributed by atoms with E-state index in [0.717, 1.165) is 28.6 Å². The highest BCUT2D eigenvalue weighted by Gasteiger charge is 2.13. The van der Waals surface area contributed by atoms with E-state index in [1.54, 1.807) is 12.1 Å². The molecule has 4 aromatic rings. The molecule has 3 N–H and O–H groups in total. The number of aryl methyl sites for hydroxylation is 2. The first-order valence-corrected chi connectivity index (χ1v) is 10.3. The number of amides is 1. The van der Waals surface area contributed by atoms with E-state index >= 15 is 0 Å². The van der Waals surface area contributed by atoms with Gasteiger partial charge in [-0.25, -0.2) is 0 Å². The molecule has 4 rings (SSSR count). The van der Waals surface area contributed by atoms with Crippen LogP contribution in [-0.4, -0.2) is 10.9 Å².